The highest BCUT2D eigenvalue weighted by molar-refractivity contribution is 5.65. The Labute approximate surface area is 106 Å². The minimum Gasteiger partial charge on any atom is -0.384 e. The van der Waals surface area contributed by atoms with Gasteiger partial charge in [-0.25, -0.2) is 4.98 Å². The molecule has 4 rings (SSSR count). The molecule has 1 saturated carbocycles. The Morgan fingerprint density at radius 1 is 1.33 bits per heavy atom. The Morgan fingerprint density at radius 2 is 2.22 bits per heavy atom. The number of nitrogens with zero attached hydrogens (tertiary/aromatic N) is 3. The Balaban J connectivity index is 1.75. The number of aromatic nitrogens is 3. The molecule has 2 heterocycles. The van der Waals surface area contributed by atoms with Gasteiger partial charge in [0.2, 0.25) is 0 Å². The first-order valence-corrected chi connectivity index (χ1v) is 6.59. The summed E-state index contributed by atoms with van der Waals surface area (Å²) in [5.74, 6) is 2.66. The molecule has 0 bridgehead atoms. The standard InChI is InChI=1S/C14H16N4/c1-18-14(9-2-3-9)16-13(17-18)11-4-5-12-10(8-11)6-7-15-12/h4-5,8-9,15H,2-3,6-7H2,1H3. The average molecular weight is 240 g/mol. The van der Waals surface area contributed by atoms with E-state index in [9.17, 15) is 0 Å². The molecule has 1 aliphatic carbocycles. The van der Waals surface area contributed by atoms with Crippen LogP contribution in [0.5, 0.6) is 0 Å². The molecule has 2 aromatic rings. The van der Waals surface area contributed by atoms with Crippen LogP contribution in [0.25, 0.3) is 11.4 Å². The summed E-state index contributed by atoms with van der Waals surface area (Å²) in [5.41, 5.74) is 3.78. The lowest BCUT2D eigenvalue weighted by molar-refractivity contribution is 0.705. The van der Waals surface area contributed by atoms with E-state index in [1.165, 1.54) is 24.1 Å². The highest BCUT2D eigenvalue weighted by atomic mass is 15.3. The molecule has 0 atom stereocenters. The van der Waals surface area contributed by atoms with Crippen molar-refractivity contribution in [3.63, 3.8) is 0 Å². The zero-order chi connectivity index (χ0) is 12.1. The van der Waals surface area contributed by atoms with E-state index in [1.54, 1.807) is 0 Å². The zero-order valence-corrected chi connectivity index (χ0v) is 10.5. The lowest BCUT2D eigenvalue weighted by Crippen LogP contribution is -1.96. The summed E-state index contributed by atoms with van der Waals surface area (Å²) in [4.78, 5) is 4.70. The minimum absolute atomic E-state index is 0.646. The number of fused-ring (bicyclic) bond motifs is 1. The van der Waals surface area contributed by atoms with E-state index in [0.29, 0.717) is 5.92 Å². The van der Waals surface area contributed by atoms with Crippen LogP contribution in [0.4, 0.5) is 5.69 Å². The molecule has 1 aromatic carbocycles. The van der Waals surface area contributed by atoms with Gasteiger partial charge in [0.15, 0.2) is 5.82 Å². The number of rotatable bonds is 2. The third-order valence-corrected chi connectivity index (χ3v) is 3.81. The Bertz CT molecular complexity index is 610. The molecule has 1 aromatic heterocycles. The van der Waals surface area contributed by atoms with Gasteiger partial charge in [-0.15, -0.1) is 0 Å². The first-order valence-electron chi connectivity index (χ1n) is 6.59. The highest BCUT2D eigenvalue weighted by Gasteiger charge is 2.29. The molecule has 0 unspecified atom stereocenters. The molecule has 0 amide bonds. The van der Waals surface area contributed by atoms with Gasteiger partial charge in [-0.1, -0.05) is 0 Å². The van der Waals surface area contributed by atoms with Gasteiger partial charge in [-0.3, -0.25) is 4.68 Å². The Kier molecular flexibility index (Phi) is 2.01. The number of nitrogens with one attached hydrogen (secondary N) is 1. The molecular weight excluding hydrogens is 224 g/mol. The number of aryl methyl sites for hydroxylation is 1. The van der Waals surface area contributed by atoms with E-state index in [2.05, 4.69) is 28.6 Å². The van der Waals surface area contributed by atoms with Crippen molar-refractivity contribution in [3.8, 4) is 11.4 Å². The summed E-state index contributed by atoms with van der Waals surface area (Å²) in [6.07, 6.45) is 3.63. The molecule has 0 spiro atoms. The second-order valence-corrected chi connectivity index (χ2v) is 5.24. The third kappa shape index (κ3) is 1.52. The summed E-state index contributed by atoms with van der Waals surface area (Å²) in [6, 6.07) is 6.48. The van der Waals surface area contributed by atoms with Crippen LogP contribution in [0, 0.1) is 0 Å². The van der Waals surface area contributed by atoms with Gasteiger partial charge in [-0.2, -0.15) is 5.10 Å². The normalized spacial score (nSPS) is 17.6. The predicted octanol–water partition coefficient (Wildman–Crippen LogP) is 2.33. The first kappa shape index (κ1) is 10.1. The first-order chi connectivity index (χ1) is 8.81. The molecule has 4 heteroatoms. The van der Waals surface area contributed by atoms with Gasteiger partial charge in [0.1, 0.15) is 5.82 Å². The summed E-state index contributed by atoms with van der Waals surface area (Å²) < 4.78 is 1.94. The number of benzene rings is 1. The summed E-state index contributed by atoms with van der Waals surface area (Å²) >= 11 is 0. The van der Waals surface area contributed by atoms with E-state index >= 15 is 0 Å². The largest absolute Gasteiger partial charge is 0.384 e. The van der Waals surface area contributed by atoms with Gasteiger partial charge < -0.3 is 5.32 Å². The molecule has 18 heavy (non-hydrogen) atoms. The highest BCUT2D eigenvalue weighted by Crippen LogP contribution is 2.39. The van der Waals surface area contributed by atoms with Gasteiger partial charge >= 0.3 is 0 Å². The monoisotopic (exact) mass is 240 g/mol. The summed E-state index contributed by atoms with van der Waals surface area (Å²) in [7, 11) is 2.00. The van der Waals surface area contributed by atoms with E-state index in [4.69, 9.17) is 4.98 Å². The van der Waals surface area contributed by atoms with E-state index in [1.807, 2.05) is 11.7 Å². The van der Waals surface area contributed by atoms with Crippen molar-refractivity contribution in [1.29, 1.82) is 0 Å². The molecule has 0 saturated heterocycles. The second kappa shape index (κ2) is 3.57. The van der Waals surface area contributed by atoms with Crippen LogP contribution >= 0.6 is 0 Å². The molecule has 1 fully saturated rings. The molecule has 1 aliphatic heterocycles. The molecule has 92 valence electrons. The van der Waals surface area contributed by atoms with Crippen LogP contribution in [-0.4, -0.2) is 21.3 Å². The van der Waals surface area contributed by atoms with Crippen molar-refractivity contribution in [1.82, 2.24) is 14.8 Å². The second-order valence-electron chi connectivity index (χ2n) is 5.24. The topological polar surface area (TPSA) is 42.7 Å². The fourth-order valence-corrected chi connectivity index (χ4v) is 2.66. The lowest BCUT2D eigenvalue weighted by atomic mass is 10.1. The van der Waals surface area contributed by atoms with Crippen molar-refractivity contribution in [2.75, 3.05) is 11.9 Å². The van der Waals surface area contributed by atoms with Gasteiger partial charge in [-0.05, 0) is 43.0 Å². The van der Waals surface area contributed by atoms with Crippen molar-refractivity contribution in [2.24, 2.45) is 7.05 Å². The van der Waals surface area contributed by atoms with Gasteiger partial charge in [0.05, 0.1) is 0 Å². The fourth-order valence-electron chi connectivity index (χ4n) is 2.66. The van der Waals surface area contributed by atoms with E-state index < -0.39 is 0 Å². The quantitative estimate of drug-likeness (QED) is 0.876. The molecule has 0 radical (unpaired) electrons. The van der Waals surface area contributed by atoms with Crippen LogP contribution < -0.4 is 5.32 Å². The van der Waals surface area contributed by atoms with Crippen molar-refractivity contribution in [2.45, 2.75) is 25.2 Å². The molecule has 1 N–H and O–H groups in total. The van der Waals surface area contributed by atoms with Crippen LogP contribution in [-0.2, 0) is 13.5 Å². The minimum atomic E-state index is 0.646. The maximum absolute atomic E-state index is 4.70. The van der Waals surface area contributed by atoms with Crippen molar-refractivity contribution in [3.05, 3.63) is 29.6 Å². The average Bonchev–Trinajstić information content (AvgIpc) is 2.98. The summed E-state index contributed by atoms with van der Waals surface area (Å²) in [6.45, 7) is 1.04. The van der Waals surface area contributed by atoms with E-state index in [0.717, 1.165) is 30.2 Å². The van der Waals surface area contributed by atoms with Crippen LogP contribution in [0.2, 0.25) is 0 Å². The van der Waals surface area contributed by atoms with Crippen LogP contribution in [0.3, 0.4) is 0 Å². The lowest BCUT2D eigenvalue weighted by Gasteiger charge is -2.01. The molecule has 2 aliphatic rings. The van der Waals surface area contributed by atoms with Crippen LogP contribution in [0.15, 0.2) is 18.2 Å². The Hall–Kier alpha value is -1.84. The number of hydrogen-bond acceptors (Lipinski definition) is 3. The van der Waals surface area contributed by atoms with Crippen molar-refractivity contribution >= 4 is 5.69 Å². The predicted molar refractivity (Wildman–Crippen MR) is 70.6 cm³/mol. The van der Waals surface area contributed by atoms with E-state index in [-0.39, 0.29) is 0 Å². The maximum atomic E-state index is 4.70. The number of anilines is 1. The summed E-state index contributed by atoms with van der Waals surface area (Å²) in [5, 5.41) is 7.93. The van der Waals surface area contributed by atoms with Crippen LogP contribution in [0.1, 0.15) is 30.1 Å². The zero-order valence-electron chi connectivity index (χ0n) is 10.5. The van der Waals surface area contributed by atoms with Gasteiger partial charge in [0.25, 0.3) is 0 Å². The maximum Gasteiger partial charge on any atom is 0.181 e. The Morgan fingerprint density at radius 3 is 3.06 bits per heavy atom. The van der Waals surface area contributed by atoms with Gasteiger partial charge in [0, 0.05) is 30.8 Å². The molecular formula is C14H16N4. The smallest absolute Gasteiger partial charge is 0.181 e. The fraction of sp³-hybridized carbons (Fsp3) is 0.429. The SMILES string of the molecule is Cn1nc(-c2ccc3c(c2)CCN3)nc1C1CC1. The molecule has 4 nitrogen and oxygen atoms in total. The number of hydrogen-bond donors (Lipinski definition) is 1. The third-order valence-electron chi connectivity index (χ3n) is 3.81. The van der Waals surface area contributed by atoms with Crippen molar-refractivity contribution < 1.29 is 0 Å².